The molecule has 0 aliphatic rings. The van der Waals surface area contributed by atoms with Crippen molar-refractivity contribution in [2.45, 2.75) is 6.42 Å². The molecule has 0 spiro atoms. The highest BCUT2D eigenvalue weighted by atomic mass is 127. The fourth-order valence-corrected chi connectivity index (χ4v) is 1.51. The molecular formula is C9H11IO2. The number of halogens is 1. The number of phenols is 1. The first-order valence-electron chi connectivity index (χ1n) is 3.70. The van der Waals surface area contributed by atoms with Crippen LogP contribution >= 0.6 is 22.6 Å². The molecule has 0 aromatic heterocycles. The zero-order chi connectivity index (χ0) is 8.97. The van der Waals surface area contributed by atoms with Gasteiger partial charge in [0.15, 0.2) is 0 Å². The van der Waals surface area contributed by atoms with E-state index < -0.39 is 0 Å². The Morgan fingerprint density at radius 2 is 2.25 bits per heavy atom. The molecule has 0 radical (unpaired) electrons. The first-order valence-corrected chi connectivity index (χ1v) is 4.78. The van der Waals surface area contributed by atoms with Crippen molar-refractivity contribution in [1.82, 2.24) is 0 Å². The van der Waals surface area contributed by atoms with Crippen LogP contribution in [-0.4, -0.2) is 18.8 Å². The van der Waals surface area contributed by atoms with Crippen molar-refractivity contribution in [3.63, 3.8) is 0 Å². The topological polar surface area (TPSA) is 29.5 Å². The van der Waals surface area contributed by atoms with Crippen molar-refractivity contribution in [1.29, 1.82) is 0 Å². The summed E-state index contributed by atoms with van der Waals surface area (Å²) < 4.78 is 5.84. The molecule has 0 amide bonds. The number of hydrogen-bond donors (Lipinski definition) is 1. The summed E-state index contributed by atoms with van der Waals surface area (Å²) in [7, 11) is 1.69. The zero-order valence-electron chi connectivity index (χ0n) is 6.88. The van der Waals surface area contributed by atoms with Crippen molar-refractivity contribution in [2.24, 2.45) is 0 Å². The summed E-state index contributed by atoms with van der Waals surface area (Å²) in [5.41, 5.74) is 1.19. The van der Waals surface area contributed by atoms with Gasteiger partial charge >= 0.3 is 0 Å². The fraction of sp³-hybridized carbons (Fsp3) is 0.333. The Hall–Kier alpha value is -0.290. The Bertz CT molecular complexity index is 261. The molecule has 1 rings (SSSR count). The summed E-state index contributed by atoms with van der Waals surface area (Å²) in [5, 5.41) is 9.23. The molecule has 1 N–H and O–H groups in total. The Labute approximate surface area is 85.7 Å². The molecule has 1 aromatic rings. The predicted molar refractivity (Wildman–Crippen MR) is 56.4 cm³/mol. The maximum Gasteiger partial charge on any atom is 0.128 e. The fourth-order valence-electron chi connectivity index (χ4n) is 0.926. The molecule has 0 fully saturated rings. The minimum absolute atomic E-state index is 0.344. The Kier molecular flexibility index (Phi) is 3.81. The van der Waals surface area contributed by atoms with Gasteiger partial charge in [-0.15, -0.1) is 0 Å². The molecule has 0 aliphatic heterocycles. The number of rotatable bonds is 3. The number of aromatic hydroxyl groups is 1. The van der Waals surface area contributed by atoms with Crippen LogP contribution in [-0.2, 0) is 11.2 Å². The first kappa shape index (κ1) is 9.80. The maximum absolute atomic E-state index is 9.23. The van der Waals surface area contributed by atoms with Gasteiger partial charge in [0.2, 0.25) is 0 Å². The molecule has 0 bridgehead atoms. The lowest BCUT2D eigenvalue weighted by Gasteiger charge is -2.02. The van der Waals surface area contributed by atoms with Crippen LogP contribution in [0.15, 0.2) is 18.2 Å². The van der Waals surface area contributed by atoms with Gasteiger partial charge in [-0.1, -0.05) is 6.07 Å². The van der Waals surface area contributed by atoms with Crippen LogP contribution in [0.1, 0.15) is 5.56 Å². The molecule has 0 saturated carbocycles. The summed E-state index contributed by atoms with van der Waals surface area (Å²) in [5.74, 6) is 0.344. The quantitative estimate of drug-likeness (QED) is 0.859. The summed E-state index contributed by atoms with van der Waals surface area (Å²) in [4.78, 5) is 0. The highest BCUT2D eigenvalue weighted by Gasteiger charge is 1.98. The minimum Gasteiger partial charge on any atom is -0.507 e. The molecule has 0 unspecified atom stereocenters. The lowest BCUT2D eigenvalue weighted by atomic mass is 10.1. The molecule has 12 heavy (non-hydrogen) atoms. The molecule has 0 saturated heterocycles. The Morgan fingerprint density at radius 1 is 1.50 bits per heavy atom. The van der Waals surface area contributed by atoms with Crippen LogP contribution < -0.4 is 0 Å². The highest BCUT2D eigenvalue weighted by molar-refractivity contribution is 14.1. The van der Waals surface area contributed by atoms with E-state index in [1.807, 2.05) is 12.1 Å². The third-order valence-electron chi connectivity index (χ3n) is 1.61. The average Bonchev–Trinajstić information content (AvgIpc) is 2.07. The van der Waals surface area contributed by atoms with Gasteiger partial charge in [0.05, 0.1) is 10.2 Å². The Morgan fingerprint density at radius 3 is 2.83 bits per heavy atom. The van der Waals surface area contributed by atoms with Gasteiger partial charge in [0, 0.05) is 7.11 Å². The molecule has 1 aromatic carbocycles. The molecule has 2 nitrogen and oxygen atoms in total. The number of methoxy groups -OCH3 is 1. The van der Waals surface area contributed by atoms with Crippen molar-refractivity contribution in [3.8, 4) is 5.75 Å². The van der Waals surface area contributed by atoms with Gasteiger partial charge in [-0.3, -0.25) is 0 Å². The van der Waals surface area contributed by atoms with Crippen LogP contribution in [0.5, 0.6) is 5.75 Å². The standard InChI is InChI=1S/C9H11IO2/c1-12-5-4-7-2-3-9(11)8(10)6-7/h2-3,6,11H,4-5H2,1H3. The van der Waals surface area contributed by atoms with Gasteiger partial charge in [-0.25, -0.2) is 0 Å². The second-order valence-corrected chi connectivity index (χ2v) is 3.69. The van der Waals surface area contributed by atoms with E-state index in [-0.39, 0.29) is 0 Å². The average molecular weight is 278 g/mol. The normalized spacial score (nSPS) is 10.2. The van der Waals surface area contributed by atoms with E-state index >= 15 is 0 Å². The molecule has 0 atom stereocenters. The smallest absolute Gasteiger partial charge is 0.128 e. The van der Waals surface area contributed by atoms with Crippen molar-refractivity contribution in [2.75, 3.05) is 13.7 Å². The van der Waals surface area contributed by atoms with Crippen LogP contribution in [0.4, 0.5) is 0 Å². The lowest BCUT2D eigenvalue weighted by Crippen LogP contribution is -1.94. The maximum atomic E-state index is 9.23. The number of phenolic OH excluding ortho intramolecular Hbond substituents is 1. The summed E-state index contributed by atoms with van der Waals surface area (Å²) in [6.45, 7) is 0.723. The van der Waals surface area contributed by atoms with Gasteiger partial charge in [-0.05, 0) is 46.7 Å². The van der Waals surface area contributed by atoms with E-state index in [1.54, 1.807) is 13.2 Å². The lowest BCUT2D eigenvalue weighted by molar-refractivity contribution is 0.202. The van der Waals surface area contributed by atoms with Gasteiger partial charge in [-0.2, -0.15) is 0 Å². The van der Waals surface area contributed by atoms with Crippen LogP contribution in [0, 0.1) is 3.57 Å². The number of ether oxygens (including phenoxy) is 1. The molecular weight excluding hydrogens is 267 g/mol. The van der Waals surface area contributed by atoms with Crippen LogP contribution in [0.25, 0.3) is 0 Å². The molecule has 0 heterocycles. The van der Waals surface area contributed by atoms with Crippen molar-refractivity contribution >= 4 is 22.6 Å². The van der Waals surface area contributed by atoms with E-state index in [2.05, 4.69) is 22.6 Å². The van der Waals surface area contributed by atoms with E-state index in [4.69, 9.17) is 4.74 Å². The minimum atomic E-state index is 0.344. The van der Waals surface area contributed by atoms with Gasteiger partial charge in [0.1, 0.15) is 5.75 Å². The van der Waals surface area contributed by atoms with Crippen molar-refractivity contribution in [3.05, 3.63) is 27.3 Å². The van der Waals surface area contributed by atoms with Crippen molar-refractivity contribution < 1.29 is 9.84 Å². The first-order chi connectivity index (χ1) is 5.74. The summed E-state index contributed by atoms with van der Waals surface area (Å²) in [6.07, 6.45) is 0.896. The van der Waals surface area contributed by atoms with Crippen LogP contribution in [0.3, 0.4) is 0 Å². The van der Waals surface area contributed by atoms with E-state index in [0.717, 1.165) is 16.6 Å². The summed E-state index contributed by atoms with van der Waals surface area (Å²) >= 11 is 2.11. The number of hydrogen-bond acceptors (Lipinski definition) is 2. The van der Waals surface area contributed by atoms with Crippen LogP contribution in [0.2, 0.25) is 0 Å². The van der Waals surface area contributed by atoms with E-state index in [1.165, 1.54) is 5.56 Å². The zero-order valence-corrected chi connectivity index (χ0v) is 9.04. The second kappa shape index (κ2) is 4.67. The predicted octanol–water partition coefficient (Wildman–Crippen LogP) is 2.19. The summed E-state index contributed by atoms with van der Waals surface area (Å²) in [6, 6.07) is 5.60. The third-order valence-corrected chi connectivity index (χ3v) is 2.47. The SMILES string of the molecule is COCCc1ccc(O)c(I)c1. The molecule has 0 aliphatic carbocycles. The number of benzene rings is 1. The third kappa shape index (κ3) is 2.64. The van der Waals surface area contributed by atoms with E-state index in [9.17, 15) is 5.11 Å². The van der Waals surface area contributed by atoms with Gasteiger partial charge in [0.25, 0.3) is 0 Å². The molecule has 66 valence electrons. The Balaban J connectivity index is 2.69. The molecule has 3 heteroatoms. The van der Waals surface area contributed by atoms with Gasteiger partial charge < -0.3 is 9.84 Å². The second-order valence-electron chi connectivity index (χ2n) is 2.53. The highest BCUT2D eigenvalue weighted by Crippen LogP contribution is 2.20. The largest absolute Gasteiger partial charge is 0.507 e. The van der Waals surface area contributed by atoms with E-state index in [0.29, 0.717) is 5.75 Å². The monoisotopic (exact) mass is 278 g/mol.